The van der Waals surface area contributed by atoms with Crippen LogP contribution < -0.4 is 0 Å². The molecule has 0 fully saturated rings. The minimum absolute atomic E-state index is 0.136. The summed E-state index contributed by atoms with van der Waals surface area (Å²) >= 11 is 0. The summed E-state index contributed by atoms with van der Waals surface area (Å²) in [7, 11) is -2.63. The highest BCUT2D eigenvalue weighted by molar-refractivity contribution is 6.89. The molecule has 0 aliphatic rings. The lowest BCUT2D eigenvalue weighted by molar-refractivity contribution is -0.0827. The molecule has 0 aromatic heterocycles. The first-order valence-corrected chi connectivity index (χ1v) is 16.8. The molecular formula is C14H37NO2Si3. The molecule has 0 saturated heterocycles. The average molecular weight is 336 g/mol. The van der Waals surface area contributed by atoms with Crippen molar-refractivity contribution in [1.82, 2.24) is 4.23 Å². The molecule has 0 aromatic carbocycles. The Balaban J connectivity index is 4.18. The summed E-state index contributed by atoms with van der Waals surface area (Å²) in [5, 5.41) is 0. The predicted octanol–water partition coefficient (Wildman–Crippen LogP) is 3.29. The molecule has 0 unspecified atom stereocenters. The summed E-state index contributed by atoms with van der Waals surface area (Å²) in [5.74, 6) is 0.136. The Morgan fingerprint density at radius 1 is 0.900 bits per heavy atom. The lowest BCUT2D eigenvalue weighted by Gasteiger charge is -2.43. The van der Waals surface area contributed by atoms with E-state index in [4.69, 9.17) is 9.47 Å². The van der Waals surface area contributed by atoms with Gasteiger partial charge in [0.2, 0.25) is 0 Å². The third-order valence-corrected chi connectivity index (χ3v) is 13.0. The quantitative estimate of drug-likeness (QED) is 0.328. The Morgan fingerprint density at radius 2 is 1.35 bits per heavy atom. The van der Waals surface area contributed by atoms with Crippen molar-refractivity contribution >= 4 is 26.0 Å². The average Bonchev–Trinajstić information content (AvgIpc) is 2.25. The molecule has 6 heteroatoms. The van der Waals surface area contributed by atoms with Crippen molar-refractivity contribution in [3.05, 3.63) is 0 Å². The van der Waals surface area contributed by atoms with Gasteiger partial charge in [-0.2, -0.15) is 0 Å². The van der Waals surface area contributed by atoms with E-state index in [2.05, 4.69) is 57.4 Å². The fourth-order valence-corrected chi connectivity index (χ4v) is 14.2. The van der Waals surface area contributed by atoms with Crippen LogP contribution in [0.25, 0.3) is 0 Å². The Hall–Kier alpha value is 0.531. The summed E-state index contributed by atoms with van der Waals surface area (Å²) < 4.78 is 14.2. The monoisotopic (exact) mass is 335 g/mol. The van der Waals surface area contributed by atoms with Crippen LogP contribution in [0.15, 0.2) is 0 Å². The standard InChI is InChI=1S/C14H37NO2Si3/c1-9-16-14(17-10-2)18-13-11-12-15(19(3,4)5)20(6,7)8/h14H,9-13,18H2,1-8H3. The van der Waals surface area contributed by atoms with E-state index in [0.29, 0.717) is 0 Å². The summed E-state index contributed by atoms with van der Waals surface area (Å²) in [5.41, 5.74) is 0. The third kappa shape index (κ3) is 8.74. The van der Waals surface area contributed by atoms with E-state index in [1.165, 1.54) is 19.0 Å². The van der Waals surface area contributed by atoms with Crippen LogP contribution in [0.2, 0.25) is 45.3 Å². The minimum atomic E-state index is -1.18. The second-order valence-corrected chi connectivity index (χ2v) is 19.5. The summed E-state index contributed by atoms with van der Waals surface area (Å²) in [6.45, 7) is 21.8. The van der Waals surface area contributed by atoms with E-state index in [1.54, 1.807) is 0 Å². The van der Waals surface area contributed by atoms with E-state index in [1.807, 2.05) is 0 Å². The van der Waals surface area contributed by atoms with Crippen LogP contribution in [0.3, 0.4) is 0 Å². The number of hydrogen-bond acceptors (Lipinski definition) is 3. The molecule has 0 heterocycles. The first-order valence-electron chi connectivity index (χ1n) is 8.13. The lowest BCUT2D eigenvalue weighted by Crippen LogP contribution is -2.59. The fraction of sp³-hybridized carbons (Fsp3) is 1.00. The molecule has 0 aliphatic heterocycles. The molecule has 0 amide bonds. The number of rotatable bonds is 11. The molecule has 0 radical (unpaired) electrons. The summed E-state index contributed by atoms with van der Waals surface area (Å²) in [6.07, 6.45) is 1.32. The van der Waals surface area contributed by atoms with Crippen LogP contribution in [-0.2, 0) is 9.47 Å². The Morgan fingerprint density at radius 3 is 1.70 bits per heavy atom. The van der Waals surface area contributed by atoms with Gasteiger partial charge in [0.15, 0.2) is 0 Å². The van der Waals surface area contributed by atoms with Crippen molar-refractivity contribution in [2.24, 2.45) is 0 Å². The normalized spacial score (nSPS) is 14.1. The molecule has 0 saturated carbocycles. The largest absolute Gasteiger partial charge is 0.357 e. The highest BCUT2D eigenvalue weighted by atomic mass is 28.4. The van der Waals surface area contributed by atoms with E-state index >= 15 is 0 Å². The van der Waals surface area contributed by atoms with Gasteiger partial charge in [0.1, 0.15) is 22.4 Å². The van der Waals surface area contributed by atoms with E-state index in [-0.39, 0.29) is 15.4 Å². The van der Waals surface area contributed by atoms with E-state index in [0.717, 1.165) is 13.2 Å². The van der Waals surface area contributed by atoms with Gasteiger partial charge in [-0.1, -0.05) is 45.3 Å². The Bertz CT molecular complexity index is 232. The third-order valence-electron chi connectivity index (χ3n) is 3.40. The van der Waals surface area contributed by atoms with Gasteiger partial charge in [0.25, 0.3) is 0 Å². The van der Waals surface area contributed by atoms with E-state index < -0.39 is 16.5 Å². The van der Waals surface area contributed by atoms with Crippen molar-refractivity contribution in [3.63, 3.8) is 0 Å². The maximum Gasteiger partial charge on any atom is 0.134 e. The minimum Gasteiger partial charge on any atom is -0.357 e. The van der Waals surface area contributed by atoms with Crippen molar-refractivity contribution < 1.29 is 9.47 Å². The number of hydrogen-bond donors (Lipinski definition) is 0. The van der Waals surface area contributed by atoms with Gasteiger partial charge in [-0.15, -0.1) is 0 Å². The second kappa shape index (κ2) is 9.53. The first-order chi connectivity index (χ1) is 9.12. The van der Waals surface area contributed by atoms with Crippen molar-refractivity contribution in [2.75, 3.05) is 19.8 Å². The first kappa shape index (κ1) is 20.5. The second-order valence-electron chi connectivity index (χ2n) is 7.33. The van der Waals surface area contributed by atoms with Crippen molar-refractivity contribution in [3.8, 4) is 0 Å². The predicted molar refractivity (Wildman–Crippen MR) is 98.4 cm³/mol. The molecule has 0 bridgehead atoms. The zero-order valence-electron chi connectivity index (χ0n) is 15.1. The van der Waals surface area contributed by atoms with Crippen LogP contribution >= 0.6 is 0 Å². The van der Waals surface area contributed by atoms with Crippen LogP contribution in [-0.4, -0.2) is 55.9 Å². The van der Waals surface area contributed by atoms with Gasteiger partial charge in [0, 0.05) is 13.2 Å². The summed E-state index contributed by atoms with van der Waals surface area (Å²) in [4.78, 5) is 0. The Labute approximate surface area is 131 Å². The SMILES string of the molecule is CCOC(OCC)[SiH2]CCCN([Si](C)(C)C)[Si](C)(C)C. The van der Waals surface area contributed by atoms with Crippen LogP contribution in [0.1, 0.15) is 20.3 Å². The highest BCUT2D eigenvalue weighted by Gasteiger charge is 2.33. The van der Waals surface area contributed by atoms with Crippen LogP contribution in [0, 0.1) is 0 Å². The van der Waals surface area contributed by atoms with Gasteiger partial charge in [0.05, 0.1) is 9.52 Å². The van der Waals surface area contributed by atoms with E-state index in [9.17, 15) is 0 Å². The van der Waals surface area contributed by atoms with Gasteiger partial charge in [-0.3, -0.25) is 0 Å². The molecule has 0 spiro atoms. The van der Waals surface area contributed by atoms with Crippen LogP contribution in [0.4, 0.5) is 0 Å². The molecule has 3 nitrogen and oxygen atoms in total. The summed E-state index contributed by atoms with van der Waals surface area (Å²) in [6, 6.07) is 1.33. The molecule has 0 aliphatic carbocycles. The Kier molecular flexibility index (Phi) is 9.78. The lowest BCUT2D eigenvalue weighted by atomic mass is 10.5. The van der Waals surface area contributed by atoms with Gasteiger partial charge >= 0.3 is 0 Å². The molecule has 20 heavy (non-hydrogen) atoms. The molecule has 122 valence electrons. The zero-order valence-corrected chi connectivity index (χ0v) is 18.5. The topological polar surface area (TPSA) is 21.7 Å². The molecule has 0 N–H and O–H groups in total. The maximum atomic E-state index is 5.67. The molecule has 0 atom stereocenters. The van der Waals surface area contributed by atoms with Crippen LogP contribution in [0.5, 0.6) is 0 Å². The molecular weight excluding hydrogens is 298 g/mol. The maximum absolute atomic E-state index is 5.67. The van der Waals surface area contributed by atoms with Gasteiger partial charge in [-0.25, -0.2) is 0 Å². The number of nitrogens with zero attached hydrogens (tertiary/aromatic N) is 1. The van der Waals surface area contributed by atoms with Gasteiger partial charge < -0.3 is 13.7 Å². The molecule has 0 aromatic rings. The molecule has 0 rings (SSSR count). The highest BCUT2D eigenvalue weighted by Crippen LogP contribution is 2.20. The smallest absolute Gasteiger partial charge is 0.134 e. The van der Waals surface area contributed by atoms with Crippen molar-refractivity contribution in [2.45, 2.75) is 71.5 Å². The fourth-order valence-electron chi connectivity index (χ4n) is 2.84. The van der Waals surface area contributed by atoms with Gasteiger partial charge in [-0.05, 0) is 26.8 Å². The zero-order chi connectivity index (χ0) is 15.8. The van der Waals surface area contributed by atoms with Crippen molar-refractivity contribution in [1.29, 1.82) is 0 Å². The number of ether oxygens (including phenoxy) is 2.